The van der Waals surface area contributed by atoms with Crippen LogP contribution < -0.4 is 22.5 Å². The maximum atomic E-state index is 13.2. The topological polar surface area (TPSA) is 276 Å². The van der Waals surface area contributed by atoms with Crippen LogP contribution in [0.15, 0.2) is 32.9 Å². The van der Waals surface area contributed by atoms with E-state index < -0.39 is 47.6 Å². The largest absolute Gasteiger partial charge is 0.477 e. The average Bonchev–Trinajstić information content (AvgIpc) is 3.58. The Kier molecular flexibility index (Phi) is 8.19. The SMILES string of the molecule is Cc1cc(SCC2=C(C(=O)O)N3C(=O)[C@@H](NC(=O)C(=NOCC(N)=O)c4csc(N)n4)[C@H]3SC2)n2nc(C(N)=O)nc2n1. The first kappa shape index (κ1) is 29.7. The Morgan fingerprint density at radius 1 is 1.26 bits per heavy atom. The van der Waals surface area contributed by atoms with Gasteiger partial charge in [0.15, 0.2) is 17.5 Å². The Bertz CT molecular complexity index is 1750. The first-order valence-corrected chi connectivity index (χ1v) is 14.9. The molecule has 0 saturated carbocycles. The number of carbonyl (C=O) groups is 5. The Morgan fingerprint density at radius 2 is 2.02 bits per heavy atom. The summed E-state index contributed by atoms with van der Waals surface area (Å²) in [5.41, 5.74) is 16.5. The summed E-state index contributed by atoms with van der Waals surface area (Å²) in [5, 5.41) is 21.7. The maximum Gasteiger partial charge on any atom is 0.352 e. The third-order valence-corrected chi connectivity index (χ3v) is 8.99. The lowest BCUT2D eigenvalue weighted by Crippen LogP contribution is -2.71. The summed E-state index contributed by atoms with van der Waals surface area (Å²) in [6.07, 6.45) is 0. The minimum absolute atomic E-state index is 0.0469. The molecule has 4 amide bonds. The van der Waals surface area contributed by atoms with E-state index in [1.807, 2.05) is 0 Å². The predicted molar refractivity (Wildman–Crippen MR) is 153 cm³/mol. The molecule has 2 aliphatic rings. The first-order valence-electron chi connectivity index (χ1n) is 12.0. The maximum absolute atomic E-state index is 13.2. The number of hydrogen-bond acceptors (Lipinski definition) is 15. The number of amides is 4. The summed E-state index contributed by atoms with van der Waals surface area (Å²) in [7, 11) is 0. The summed E-state index contributed by atoms with van der Waals surface area (Å²) < 4.78 is 1.33. The van der Waals surface area contributed by atoms with Crippen molar-refractivity contribution in [3.05, 3.63) is 39.9 Å². The molecule has 8 N–H and O–H groups in total. The number of carboxylic acid groups (broad SMARTS) is 1. The van der Waals surface area contributed by atoms with E-state index in [0.717, 1.165) is 16.2 Å². The van der Waals surface area contributed by atoms with Gasteiger partial charge in [0.05, 0.1) is 0 Å². The van der Waals surface area contributed by atoms with E-state index in [1.54, 1.807) is 13.0 Å². The number of rotatable bonds is 11. The Morgan fingerprint density at radius 3 is 2.67 bits per heavy atom. The molecule has 224 valence electrons. The number of anilines is 1. The van der Waals surface area contributed by atoms with E-state index in [-0.39, 0.29) is 45.3 Å². The highest BCUT2D eigenvalue weighted by atomic mass is 32.2. The molecule has 43 heavy (non-hydrogen) atoms. The van der Waals surface area contributed by atoms with Crippen LogP contribution in [-0.4, -0.2) is 99.4 Å². The molecule has 21 heteroatoms. The number of aliphatic carboxylic acids is 1. The summed E-state index contributed by atoms with van der Waals surface area (Å²) >= 11 is 3.51. The van der Waals surface area contributed by atoms with Gasteiger partial charge in [-0.25, -0.2) is 14.8 Å². The van der Waals surface area contributed by atoms with Gasteiger partial charge in [0.2, 0.25) is 5.82 Å². The number of carbonyl (C=O) groups excluding carboxylic acids is 4. The first-order chi connectivity index (χ1) is 20.4. The van der Waals surface area contributed by atoms with Crippen molar-refractivity contribution in [2.45, 2.75) is 23.4 Å². The number of fused-ring (bicyclic) bond motifs is 2. The zero-order valence-electron chi connectivity index (χ0n) is 21.9. The third-order valence-electron chi connectivity index (χ3n) is 5.90. The fourth-order valence-corrected chi connectivity index (χ4v) is 7.17. The molecule has 0 aliphatic carbocycles. The number of nitrogens with two attached hydrogens (primary N) is 3. The van der Waals surface area contributed by atoms with E-state index in [9.17, 15) is 29.1 Å². The molecule has 2 atom stereocenters. The fraction of sp³-hybridized carbons (Fsp3) is 0.273. The highest BCUT2D eigenvalue weighted by Gasteiger charge is 2.54. The van der Waals surface area contributed by atoms with Crippen LogP contribution >= 0.6 is 34.9 Å². The second-order valence-corrected chi connectivity index (χ2v) is 11.9. The van der Waals surface area contributed by atoms with E-state index in [0.29, 0.717) is 16.3 Å². The predicted octanol–water partition coefficient (Wildman–Crippen LogP) is -1.69. The molecule has 18 nitrogen and oxygen atoms in total. The van der Waals surface area contributed by atoms with Crippen molar-refractivity contribution in [3.63, 3.8) is 0 Å². The highest BCUT2D eigenvalue weighted by molar-refractivity contribution is 8.01. The Labute approximate surface area is 253 Å². The van der Waals surface area contributed by atoms with Crippen molar-refractivity contribution in [1.29, 1.82) is 0 Å². The molecule has 3 aromatic rings. The van der Waals surface area contributed by atoms with Crippen molar-refractivity contribution in [1.82, 2.24) is 34.8 Å². The minimum Gasteiger partial charge on any atom is -0.477 e. The molecule has 0 bridgehead atoms. The second-order valence-electron chi connectivity index (χ2n) is 8.90. The van der Waals surface area contributed by atoms with Gasteiger partial charge in [0, 0.05) is 22.6 Å². The molecule has 2 aliphatic heterocycles. The smallest absolute Gasteiger partial charge is 0.352 e. The lowest BCUT2D eigenvalue weighted by Gasteiger charge is -2.49. The molecule has 5 heterocycles. The zero-order valence-corrected chi connectivity index (χ0v) is 24.4. The van der Waals surface area contributed by atoms with Gasteiger partial charge in [0.1, 0.15) is 27.8 Å². The van der Waals surface area contributed by atoms with Crippen LogP contribution in [-0.2, 0) is 24.0 Å². The van der Waals surface area contributed by atoms with Crippen LogP contribution in [0.25, 0.3) is 5.78 Å². The van der Waals surface area contributed by atoms with E-state index in [4.69, 9.17) is 22.0 Å². The Hall–Kier alpha value is -4.76. The van der Waals surface area contributed by atoms with Crippen LogP contribution in [0.2, 0.25) is 0 Å². The monoisotopic (exact) mass is 647 g/mol. The van der Waals surface area contributed by atoms with Gasteiger partial charge in [0.25, 0.3) is 29.4 Å². The highest BCUT2D eigenvalue weighted by Crippen LogP contribution is 2.41. The quantitative estimate of drug-likeness (QED) is 0.0510. The van der Waals surface area contributed by atoms with Gasteiger partial charge in [-0.15, -0.1) is 40.0 Å². The molecule has 1 fully saturated rings. The van der Waals surface area contributed by atoms with E-state index >= 15 is 0 Å². The van der Waals surface area contributed by atoms with Crippen LogP contribution in [0.4, 0.5) is 5.13 Å². The second kappa shape index (κ2) is 11.9. The summed E-state index contributed by atoms with van der Waals surface area (Å²) in [6.45, 7) is 1.12. The molecule has 0 radical (unpaired) electrons. The molecule has 5 rings (SSSR count). The van der Waals surface area contributed by atoms with Gasteiger partial charge in [-0.05, 0) is 18.6 Å². The molecule has 0 unspecified atom stereocenters. The molecule has 3 aromatic heterocycles. The lowest BCUT2D eigenvalue weighted by molar-refractivity contribution is -0.150. The van der Waals surface area contributed by atoms with E-state index in [2.05, 4.69) is 30.5 Å². The molecule has 0 aromatic carbocycles. The van der Waals surface area contributed by atoms with Gasteiger partial charge < -0.3 is 32.5 Å². The van der Waals surface area contributed by atoms with E-state index in [1.165, 1.54) is 33.4 Å². The molecule has 1 saturated heterocycles. The van der Waals surface area contributed by atoms with Gasteiger partial charge in [-0.2, -0.15) is 9.50 Å². The molecular formula is C22H21N11O7S3. The van der Waals surface area contributed by atoms with Gasteiger partial charge in [-0.3, -0.25) is 24.1 Å². The number of nitrogens with one attached hydrogen (secondary N) is 1. The Balaban J connectivity index is 1.34. The van der Waals surface area contributed by atoms with Crippen molar-refractivity contribution in [2.75, 3.05) is 23.8 Å². The van der Waals surface area contributed by atoms with Crippen molar-refractivity contribution >= 4 is 81.1 Å². The fourth-order valence-electron chi connectivity index (χ4n) is 4.09. The van der Waals surface area contributed by atoms with Gasteiger partial charge in [-0.1, -0.05) is 5.16 Å². The number of β-lactam (4-membered cyclic amide) rings is 1. The number of aryl methyl sites for hydroxylation is 1. The van der Waals surface area contributed by atoms with Crippen molar-refractivity contribution in [3.8, 4) is 0 Å². The third kappa shape index (κ3) is 5.94. The summed E-state index contributed by atoms with van der Waals surface area (Å²) in [4.78, 5) is 79.3. The van der Waals surface area contributed by atoms with Gasteiger partial charge >= 0.3 is 5.97 Å². The normalized spacial score (nSPS) is 18.3. The van der Waals surface area contributed by atoms with Crippen LogP contribution in [0, 0.1) is 6.92 Å². The standard InChI is InChI=1S/C22H21N11O7S3/c1-7-2-11(33-22(26-7)29-16(30-33)15(24)35)41-4-8-5-42-19-13(18(37)32(19)14(8)20(38)39)28-17(36)12(31-40-3-10(23)34)9-6-43-21(25)27-9/h2,6,13,19H,3-5H2,1H3,(H2,23,34)(H2,24,35)(H2,25,27)(H,28,36)(H,38,39)/t13-,19-/m1/s1. The number of thiazole rings is 1. The number of primary amides is 2. The average molecular weight is 648 g/mol. The number of oxime groups is 1. The van der Waals surface area contributed by atoms with Crippen LogP contribution in [0.1, 0.15) is 22.0 Å². The minimum atomic E-state index is -1.31. The zero-order chi connectivity index (χ0) is 31.0. The van der Waals surface area contributed by atoms with Crippen LogP contribution in [0.3, 0.4) is 0 Å². The van der Waals surface area contributed by atoms with Crippen molar-refractivity contribution in [2.24, 2.45) is 16.6 Å². The van der Waals surface area contributed by atoms with Crippen LogP contribution in [0.5, 0.6) is 0 Å². The summed E-state index contributed by atoms with van der Waals surface area (Å²) in [5.74, 6) is -4.13. The number of carboxylic acids is 1. The molecule has 0 spiro atoms. The number of nitrogens with zero attached hydrogens (tertiary/aromatic N) is 7. The lowest BCUT2D eigenvalue weighted by atomic mass is 10.0. The molecular weight excluding hydrogens is 627 g/mol. The number of thioether (sulfide) groups is 2. The number of aromatic nitrogens is 5. The number of nitrogen functional groups attached to an aromatic ring is 1. The number of hydrogen-bond donors (Lipinski definition) is 5. The van der Waals surface area contributed by atoms with Crippen molar-refractivity contribution < 1.29 is 33.9 Å². The summed E-state index contributed by atoms with van der Waals surface area (Å²) in [6, 6.07) is 0.614.